The maximum absolute atomic E-state index is 8.49. The smallest absolute Gasteiger partial charge is 0.179 e. The summed E-state index contributed by atoms with van der Waals surface area (Å²) in [5, 5.41) is 0. The van der Waals surface area contributed by atoms with Crippen LogP contribution in [0.5, 0.6) is 0 Å². The third kappa shape index (κ3) is 7.17. The van der Waals surface area contributed by atoms with E-state index in [-0.39, 0.29) is 0 Å². The fourth-order valence-corrected chi connectivity index (χ4v) is 2.15. The molecule has 0 saturated heterocycles. The predicted octanol–water partition coefficient (Wildman–Crippen LogP) is -1.81. The molecular formula is C15H18ClNO4. The normalized spacial score (nSPS) is 10.8. The van der Waals surface area contributed by atoms with Crippen LogP contribution in [-0.2, 0) is 6.54 Å². The van der Waals surface area contributed by atoms with Crippen LogP contribution in [0.1, 0.15) is 22.5 Å². The highest BCUT2D eigenvalue weighted by molar-refractivity contribution is 5.16. The molecule has 0 N–H and O–H groups in total. The number of halogens is 1. The molecule has 0 aliphatic carbocycles. The summed E-state index contributed by atoms with van der Waals surface area (Å²) in [5.74, 6) is 0. The maximum Gasteiger partial charge on any atom is 0.179 e. The maximum atomic E-state index is 8.49. The number of aryl methyl sites for hydroxylation is 3. The van der Waals surface area contributed by atoms with Crippen LogP contribution >= 0.6 is 0 Å². The molecule has 0 aliphatic rings. The summed E-state index contributed by atoms with van der Waals surface area (Å²) in [6, 6.07) is 15.1. The van der Waals surface area contributed by atoms with Gasteiger partial charge in [0.1, 0.15) is 0 Å². The van der Waals surface area contributed by atoms with E-state index in [1.807, 2.05) is 0 Å². The molecular weight excluding hydrogens is 294 g/mol. The lowest BCUT2D eigenvalue weighted by atomic mass is 10.1. The van der Waals surface area contributed by atoms with Crippen LogP contribution in [0.4, 0.5) is 0 Å². The Hall–Kier alpha value is -1.50. The van der Waals surface area contributed by atoms with Crippen LogP contribution in [0.25, 0.3) is 0 Å². The van der Waals surface area contributed by atoms with Crippen molar-refractivity contribution in [2.75, 3.05) is 0 Å². The van der Waals surface area contributed by atoms with Gasteiger partial charge in [-0.3, -0.25) is 0 Å². The molecule has 21 heavy (non-hydrogen) atoms. The van der Waals surface area contributed by atoms with E-state index < -0.39 is 10.2 Å². The molecule has 5 nitrogen and oxygen atoms in total. The quantitative estimate of drug-likeness (QED) is 0.611. The Balaban J connectivity index is 0.000000383. The standard InChI is InChI=1S/C15H18N.ClHO4/c1-12-9-13(2)16(14(3)10-12)11-15-7-5-4-6-8-15;2-1(3,4)5/h4-10H,11H2,1-3H3;(H,2,3,4,5)/q+1;/p-1. The lowest BCUT2D eigenvalue weighted by molar-refractivity contribution is -2.00. The lowest BCUT2D eigenvalue weighted by Gasteiger charge is -2.17. The van der Waals surface area contributed by atoms with Crippen LogP contribution < -0.4 is 23.2 Å². The number of aromatic nitrogens is 1. The van der Waals surface area contributed by atoms with E-state index in [1.54, 1.807) is 0 Å². The second-order valence-corrected chi connectivity index (χ2v) is 5.52. The first kappa shape index (κ1) is 17.6. The highest BCUT2D eigenvalue weighted by atomic mass is 35.7. The zero-order chi connectivity index (χ0) is 16.0. The Kier molecular flexibility index (Phi) is 6.26. The number of rotatable bonds is 2. The van der Waals surface area contributed by atoms with Gasteiger partial charge in [0.2, 0.25) is 0 Å². The van der Waals surface area contributed by atoms with Crippen molar-refractivity contribution in [1.29, 1.82) is 0 Å². The zero-order valence-corrected chi connectivity index (χ0v) is 13.0. The van der Waals surface area contributed by atoms with Gasteiger partial charge in [0.05, 0.1) is 0 Å². The second-order valence-electron chi connectivity index (χ2n) is 4.77. The monoisotopic (exact) mass is 311 g/mol. The van der Waals surface area contributed by atoms with Gasteiger partial charge < -0.3 is 0 Å². The summed E-state index contributed by atoms with van der Waals surface area (Å²) in [6.45, 7) is 7.44. The first-order chi connectivity index (χ1) is 9.66. The first-order valence-electron chi connectivity index (χ1n) is 6.30. The highest BCUT2D eigenvalue weighted by Gasteiger charge is 2.11. The Bertz CT molecular complexity index is 553. The summed E-state index contributed by atoms with van der Waals surface area (Å²) >= 11 is 0. The molecule has 0 atom stereocenters. The van der Waals surface area contributed by atoms with Gasteiger partial charge in [-0.05, 0) is 12.5 Å². The van der Waals surface area contributed by atoms with Crippen LogP contribution in [0.2, 0.25) is 0 Å². The molecule has 0 saturated carbocycles. The van der Waals surface area contributed by atoms with Crippen LogP contribution in [0, 0.1) is 31.0 Å². The minimum absolute atomic E-state index is 0.957. The molecule has 1 aromatic carbocycles. The molecule has 0 aliphatic heterocycles. The summed E-state index contributed by atoms with van der Waals surface area (Å²) < 4.78 is 36.3. The molecule has 2 rings (SSSR count). The van der Waals surface area contributed by atoms with E-state index in [9.17, 15) is 0 Å². The highest BCUT2D eigenvalue weighted by Crippen LogP contribution is 2.04. The first-order valence-corrected chi connectivity index (χ1v) is 7.53. The molecule has 0 unspecified atom stereocenters. The molecule has 0 spiro atoms. The third-order valence-electron chi connectivity index (χ3n) is 2.91. The molecule has 6 heteroatoms. The van der Waals surface area contributed by atoms with Gasteiger partial charge in [0.15, 0.2) is 17.9 Å². The van der Waals surface area contributed by atoms with Gasteiger partial charge in [-0.25, -0.2) is 18.6 Å². The van der Waals surface area contributed by atoms with Crippen molar-refractivity contribution in [3.05, 3.63) is 65.0 Å². The summed E-state index contributed by atoms with van der Waals surface area (Å²) in [7, 11) is -4.94. The summed E-state index contributed by atoms with van der Waals surface area (Å²) in [4.78, 5) is 0. The Morgan fingerprint density at radius 1 is 0.857 bits per heavy atom. The van der Waals surface area contributed by atoms with E-state index in [4.69, 9.17) is 18.6 Å². The van der Waals surface area contributed by atoms with Crippen molar-refractivity contribution in [2.24, 2.45) is 0 Å². The van der Waals surface area contributed by atoms with E-state index >= 15 is 0 Å². The summed E-state index contributed by atoms with van der Waals surface area (Å²) in [6.07, 6.45) is 0. The van der Waals surface area contributed by atoms with Crippen LogP contribution in [0.15, 0.2) is 42.5 Å². The molecule has 0 fully saturated rings. The SMILES string of the molecule is Cc1cc(C)[n+](Cc2ccccc2)c(C)c1.[O-][Cl+3]([O-])([O-])[O-]. The molecule has 0 amide bonds. The van der Waals surface area contributed by atoms with Crippen molar-refractivity contribution in [3.63, 3.8) is 0 Å². The largest absolute Gasteiger partial charge is 0.222 e. The molecule has 1 aromatic heterocycles. The van der Waals surface area contributed by atoms with E-state index in [1.165, 1.54) is 22.5 Å². The van der Waals surface area contributed by atoms with Gasteiger partial charge in [-0.1, -0.05) is 30.3 Å². The van der Waals surface area contributed by atoms with Crippen molar-refractivity contribution in [3.8, 4) is 0 Å². The van der Waals surface area contributed by atoms with Gasteiger partial charge in [0.25, 0.3) is 0 Å². The van der Waals surface area contributed by atoms with Gasteiger partial charge in [-0.15, -0.1) is 10.2 Å². The number of benzene rings is 1. The van der Waals surface area contributed by atoms with Crippen LogP contribution in [-0.4, -0.2) is 0 Å². The molecule has 1 heterocycles. The lowest BCUT2D eigenvalue weighted by Crippen LogP contribution is -2.68. The van der Waals surface area contributed by atoms with Crippen molar-refractivity contribution < 1.29 is 33.4 Å². The summed E-state index contributed by atoms with van der Waals surface area (Å²) in [5.41, 5.74) is 5.32. The van der Waals surface area contributed by atoms with Crippen molar-refractivity contribution >= 4 is 0 Å². The van der Waals surface area contributed by atoms with E-state index in [2.05, 4.69) is 67.8 Å². The average molecular weight is 312 g/mol. The minimum atomic E-state index is -4.94. The number of nitrogens with zero attached hydrogens (tertiary/aromatic N) is 1. The number of hydrogen-bond donors (Lipinski definition) is 0. The van der Waals surface area contributed by atoms with Crippen molar-refractivity contribution in [1.82, 2.24) is 0 Å². The van der Waals surface area contributed by atoms with Gasteiger partial charge in [0, 0.05) is 31.5 Å². The van der Waals surface area contributed by atoms with Crippen molar-refractivity contribution in [2.45, 2.75) is 27.3 Å². The Morgan fingerprint density at radius 3 is 1.71 bits per heavy atom. The number of hydrogen-bond acceptors (Lipinski definition) is 4. The molecule has 2 aromatic rings. The third-order valence-corrected chi connectivity index (χ3v) is 2.91. The van der Waals surface area contributed by atoms with Crippen LogP contribution in [0.3, 0.4) is 0 Å². The Morgan fingerprint density at radius 2 is 1.29 bits per heavy atom. The fraction of sp³-hybridized carbons (Fsp3) is 0.267. The average Bonchev–Trinajstić information content (AvgIpc) is 2.33. The number of pyridine rings is 1. The van der Waals surface area contributed by atoms with E-state index in [0.29, 0.717) is 0 Å². The Labute approximate surface area is 126 Å². The topological polar surface area (TPSA) is 96.1 Å². The van der Waals surface area contributed by atoms with Gasteiger partial charge in [-0.2, -0.15) is 4.57 Å². The van der Waals surface area contributed by atoms with E-state index in [0.717, 1.165) is 6.54 Å². The fourth-order valence-electron chi connectivity index (χ4n) is 2.15. The predicted molar refractivity (Wildman–Crippen MR) is 66.4 cm³/mol. The second kappa shape index (κ2) is 7.49. The zero-order valence-electron chi connectivity index (χ0n) is 12.2. The molecule has 0 bridgehead atoms. The molecule has 0 radical (unpaired) electrons. The minimum Gasteiger partial charge on any atom is -0.222 e. The van der Waals surface area contributed by atoms with Gasteiger partial charge >= 0.3 is 0 Å². The molecule has 114 valence electrons.